The van der Waals surface area contributed by atoms with Crippen LogP contribution in [0.15, 0.2) is 78.9 Å². The van der Waals surface area contributed by atoms with E-state index in [-0.39, 0.29) is 0 Å². The second-order valence-corrected chi connectivity index (χ2v) is 7.82. The molecule has 32 heavy (non-hydrogen) atoms. The molecule has 162 valence electrons. The van der Waals surface area contributed by atoms with Gasteiger partial charge in [0.25, 0.3) is 5.91 Å². The lowest BCUT2D eigenvalue weighted by molar-refractivity contribution is -0.133. The zero-order chi connectivity index (χ0) is 22.7. The smallest absolute Gasteiger partial charge is 0.325 e. The molecule has 1 heterocycles. The quantitative estimate of drug-likeness (QED) is 0.541. The molecule has 1 atom stereocenters. The number of halogens is 1. The first kappa shape index (κ1) is 21.4. The van der Waals surface area contributed by atoms with Crippen molar-refractivity contribution in [1.82, 2.24) is 10.2 Å². The highest BCUT2D eigenvalue weighted by molar-refractivity contribution is 6.32. The van der Waals surface area contributed by atoms with E-state index in [1.165, 1.54) is 0 Å². The SMILES string of the molecule is C[C@@]1(c2ccccc2Cl)NC(=O)N(CC(=O)Nc2ccc(Oc3ccccc3)cc2)C1=O. The van der Waals surface area contributed by atoms with E-state index in [1.54, 1.807) is 55.5 Å². The van der Waals surface area contributed by atoms with Crippen LogP contribution >= 0.6 is 11.6 Å². The summed E-state index contributed by atoms with van der Waals surface area (Å²) in [5, 5.41) is 5.68. The first-order valence-electron chi connectivity index (χ1n) is 9.89. The Labute approximate surface area is 189 Å². The minimum Gasteiger partial charge on any atom is -0.457 e. The zero-order valence-corrected chi connectivity index (χ0v) is 17.9. The number of imide groups is 1. The summed E-state index contributed by atoms with van der Waals surface area (Å²) in [5.41, 5.74) is -0.361. The van der Waals surface area contributed by atoms with Gasteiger partial charge >= 0.3 is 6.03 Å². The van der Waals surface area contributed by atoms with E-state index < -0.39 is 29.9 Å². The molecule has 1 saturated heterocycles. The Balaban J connectivity index is 1.40. The molecule has 0 radical (unpaired) electrons. The third kappa shape index (κ3) is 4.29. The summed E-state index contributed by atoms with van der Waals surface area (Å²) in [6, 6.07) is 22.2. The first-order valence-corrected chi connectivity index (χ1v) is 10.3. The Morgan fingerprint density at radius 2 is 1.59 bits per heavy atom. The Kier molecular flexibility index (Phi) is 5.83. The number of hydrogen-bond donors (Lipinski definition) is 2. The van der Waals surface area contributed by atoms with Crippen LogP contribution in [0.25, 0.3) is 0 Å². The molecule has 0 bridgehead atoms. The number of rotatable bonds is 6. The second kappa shape index (κ2) is 8.72. The number of anilines is 1. The van der Waals surface area contributed by atoms with Crippen molar-refractivity contribution in [2.24, 2.45) is 0 Å². The molecule has 1 aliphatic rings. The molecule has 0 spiro atoms. The summed E-state index contributed by atoms with van der Waals surface area (Å²) in [5.74, 6) is 0.259. The minimum absolute atomic E-state index is 0.354. The number of nitrogens with zero attached hydrogens (tertiary/aromatic N) is 1. The topological polar surface area (TPSA) is 87.7 Å². The number of urea groups is 1. The maximum atomic E-state index is 13.0. The monoisotopic (exact) mass is 449 g/mol. The summed E-state index contributed by atoms with van der Waals surface area (Å²) in [6.07, 6.45) is 0. The molecule has 7 nitrogen and oxygen atoms in total. The number of nitrogens with one attached hydrogen (secondary N) is 2. The van der Waals surface area contributed by atoms with E-state index in [0.29, 0.717) is 27.8 Å². The van der Waals surface area contributed by atoms with E-state index in [4.69, 9.17) is 16.3 Å². The van der Waals surface area contributed by atoms with Gasteiger partial charge in [-0.25, -0.2) is 4.79 Å². The Morgan fingerprint density at radius 3 is 2.28 bits per heavy atom. The fourth-order valence-corrected chi connectivity index (χ4v) is 3.79. The van der Waals surface area contributed by atoms with Crippen molar-refractivity contribution in [3.05, 3.63) is 89.4 Å². The molecule has 2 N–H and O–H groups in total. The van der Waals surface area contributed by atoms with E-state index in [9.17, 15) is 14.4 Å². The first-order chi connectivity index (χ1) is 15.4. The summed E-state index contributed by atoms with van der Waals surface area (Å²) in [4.78, 5) is 38.8. The van der Waals surface area contributed by atoms with Gasteiger partial charge in [0.05, 0.1) is 0 Å². The third-order valence-corrected chi connectivity index (χ3v) is 5.44. The maximum Gasteiger partial charge on any atom is 0.325 e. The predicted octanol–water partition coefficient (Wildman–Crippen LogP) is 4.54. The number of ether oxygens (including phenoxy) is 1. The molecule has 0 unspecified atom stereocenters. The lowest BCUT2D eigenvalue weighted by Crippen LogP contribution is -2.42. The molecular weight excluding hydrogens is 430 g/mol. The van der Waals surface area contributed by atoms with Crippen LogP contribution in [0.5, 0.6) is 11.5 Å². The number of benzene rings is 3. The van der Waals surface area contributed by atoms with E-state index in [2.05, 4.69) is 10.6 Å². The van der Waals surface area contributed by atoms with Crippen molar-refractivity contribution in [3.63, 3.8) is 0 Å². The van der Waals surface area contributed by atoms with Crippen LogP contribution in [0.2, 0.25) is 5.02 Å². The number of amides is 4. The Hall–Kier alpha value is -3.84. The summed E-state index contributed by atoms with van der Waals surface area (Å²) >= 11 is 6.22. The average Bonchev–Trinajstić information content (AvgIpc) is 3.00. The second-order valence-electron chi connectivity index (χ2n) is 7.41. The van der Waals surface area contributed by atoms with Crippen LogP contribution in [0.1, 0.15) is 12.5 Å². The van der Waals surface area contributed by atoms with E-state index in [0.717, 1.165) is 4.90 Å². The molecular formula is C24H20ClN3O4. The van der Waals surface area contributed by atoms with Crippen molar-refractivity contribution in [2.75, 3.05) is 11.9 Å². The van der Waals surface area contributed by atoms with Crippen molar-refractivity contribution < 1.29 is 19.1 Å². The molecule has 3 aromatic rings. The average molecular weight is 450 g/mol. The van der Waals surface area contributed by atoms with Crippen LogP contribution < -0.4 is 15.4 Å². The van der Waals surface area contributed by atoms with Crippen molar-refractivity contribution >= 4 is 35.1 Å². The van der Waals surface area contributed by atoms with Crippen LogP contribution in [0.3, 0.4) is 0 Å². The van der Waals surface area contributed by atoms with Gasteiger partial charge in [0.15, 0.2) is 0 Å². The van der Waals surface area contributed by atoms with E-state index >= 15 is 0 Å². The van der Waals surface area contributed by atoms with Crippen molar-refractivity contribution in [2.45, 2.75) is 12.5 Å². The fraction of sp³-hybridized carbons (Fsp3) is 0.125. The molecule has 3 aromatic carbocycles. The highest BCUT2D eigenvalue weighted by Gasteiger charge is 2.50. The third-order valence-electron chi connectivity index (χ3n) is 5.11. The fourth-order valence-electron chi connectivity index (χ4n) is 3.46. The standard InChI is InChI=1S/C24H20ClN3O4/c1-24(19-9-5-6-10-20(19)25)22(30)28(23(31)27-24)15-21(29)26-16-11-13-18(14-12-16)32-17-7-3-2-4-8-17/h2-14H,15H2,1H3,(H,26,29)(H,27,31)/t24-/m0/s1. The molecule has 4 amide bonds. The summed E-state index contributed by atoms with van der Waals surface area (Å²) in [7, 11) is 0. The van der Waals surface area contributed by atoms with Gasteiger partial charge in [-0.1, -0.05) is 48.0 Å². The minimum atomic E-state index is -1.34. The van der Waals surface area contributed by atoms with Crippen molar-refractivity contribution in [3.8, 4) is 11.5 Å². The van der Waals surface area contributed by atoms with Crippen LogP contribution in [-0.2, 0) is 15.1 Å². The van der Waals surface area contributed by atoms with Crippen LogP contribution in [0.4, 0.5) is 10.5 Å². The molecule has 1 aliphatic heterocycles. The summed E-state index contributed by atoms with van der Waals surface area (Å²) in [6.45, 7) is 1.14. The lowest BCUT2D eigenvalue weighted by Gasteiger charge is -2.23. The Morgan fingerprint density at radius 1 is 0.969 bits per heavy atom. The summed E-state index contributed by atoms with van der Waals surface area (Å²) < 4.78 is 5.72. The van der Waals surface area contributed by atoms with Gasteiger partial charge < -0.3 is 15.4 Å². The van der Waals surface area contributed by atoms with Gasteiger partial charge in [0.1, 0.15) is 23.6 Å². The molecule has 4 rings (SSSR count). The number of carbonyl (C=O) groups is 3. The van der Waals surface area contributed by atoms with Gasteiger partial charge in [0, 0.05) is 16.3 Å². The number of para-hydroxylation sites is 1. The van der Waals surface area contributed by atoms with Gasteiger partial charge in [-0.15, -0.1) is 0 Å². The molecule has 0 saturated carbocycles. The molecule has 0 aromatic heterocycles. The number of hydrogen-bond acceptors (Lipinski definition) is 4. The predicted molar refractivity (Wildman–Crippen MR) is 121 cm³/mol. The van der Waals surface area contributed by atoms with Crippen molar-refractivity contribution in [1.29, 1.82) is 0 Å². The van der Waals surface area contributed by atoms with Gasteiger partial charge in [-0.2, -0.15) is 0 Å². The van der Waals surface area contributed by atoms with Gasteiger partial charge in [0.2, 0.25) is 5.91 Å². The largest absolute Gasteiger partial charge is 0.457 e. The molecule has 1 fully saturated rings. The molecule has 0 aliphatic carbocycles. The van der Waals surface area contributed by atoms with E-state index in [1.807, 2.05) is 30.3 Å². The highest BCUT2D eigenvalue weighted by atomic mass is 35.5. The zero-order valence-electron chi connectivity index (χ0n) is 17.2. The normalized spacial score (nSPS) is 17.8. The van der Waals surface area contributed by atoms with Gasteiger partial charge in [-0.3, -0.25) is 14.5 Å². The lowest BCUT2D eigenvalue weighted by atomic mass is 9.92. The highest BCUT2D eigenvalue weighted by Crippen LogP contribution is 2.33. The maximum absolute atomic E-state index is 13.0. The number of carbonyl (C=O) groups excluding carboxylic acids is 3. The van der Waals surface area contributed by atoms with Crippen LogP contribution in [0, 0.1) is 0 Å². The molecule has 8 heteroatoms. The van der Waals surface area contributed by atoms with Crippen LogP contribution in [-0.4, -0.2) is 29.3 Å². The Bertz CT molecular complexity index is 1170. The van der Waals surface area contributed by atoms with Gasteiger partial charge in [-0.05, 0) is 49.4 Å².